The van der Waals surface area contributed by atoms with Gasteiger partial charge in [0.1, 0.15) is 11.8 Å². The Morgan fingerprint density at radius 1 is 1.46 bits per heavy atom. The molecular formula is C9H12N4. The minimum atomic E-state index is 0.487. The predicted molar refractivity (Wildman–Crippen MR) is 51.5 cm³/mol. The van der Waals surface area contributed by atoms with Crippen LogP contribution in [0.5, 0.6) is 0 Å². The summed E-state index contributed by atoms with van der Waals surface area (Å²) in [5, 5.41) is 4.07. The molecule has 0 atom stereocenters. The van der Waals surface area contributed by atoms with E-state index < -0.39 is 0 Å². The Morgan fingerprint density at radius 3 is 2.85 bits per heavy atom. The van der Waals surface area contributed by atoms with Crippen molar-refractivity contribution in [3.63, 3.8) is 0 Å². The molecule has 2 heterocycles. The fourth-order valence-electron chi connectivity index (χ4n) is 1.28. The smallest absolute Gasteiger partial charge is 0.151 e. The molecule has 0 fully saturated rings. The van der Waals surface area contributed by atoms with E-state index in [1.54, 1.807) is 4.52 Å². The molecule has 4 nitrogen and oxygen atoms in total. The van der Waals surface area contributed by atoms with Crippen molar-refractivity contribution in [1.82, 2.24) is 14.6 Å². The second kappa shape index (κ2) is 2.73. The second-order valence-corrected chi connectivity index (χ2v) is 3.40. The minimum absolute atomic E-state index is 0.487. The maximum absolute atomic E-state index is 5.70. The summed E-state index contributed by atoms with van der Waals surface area (Å²) in [5.74, 6) is 1.02. The third-order valence-electron chi connectivity index (χ3n) is 2.12. The number of rotatable bonds is 1. The summed E-state index contributed by atoms with van der Waals surface area (Å²) in [6, 6.07) is 2.03. The van der Waals surface area contributed by atoms with Crippen LogP contribution in [0.25, 0.3) is 5.52 Å². The molecule has 2 N–H and O–H groups in total. The molecule has 0 spiro atoms. The van der Waals surface area contributed by atoms with Gasteiger partial charge in [0.05, 0.1) is 0 Å². The number of hydrogen-bond donors (Lipinski definition) is 1. The minimum Gasteiger partial charge on any atom is -0.382 e. The quantitative estimate of drug-likeness (QED) is 0.715. The molecule has 2 aromatic rings. The SMILES string of the molecule is CC(C)c1cc2c(N)ncnn2c1. The van der Waals surface area contributed by atoms with E-state index in [0.717, 1.165) is 5.52 Å². The molecule has 0 saturated carbocycles. The highest BCUT2D eigenvalue weighted by Crippen LogP contribution is 2.19. The number of anilines is 1. The second-order valence-electron chi connectivity index (χ2n) is 3.40. The van der Waals surface area contributed by atoms with Crippen LogP contribution in [0.2, 0.25) is 0 Å². The Labute approximate surface area is 76.4 Å². The lowest BCUT2D eigenvalue weighted by molar-refractivity contribution is 0.847. The first-order valence-corrected chi connectivity index (χ1v) is 4.27. The number of fused-ring (bicyclic) bond motifs is 1. The maximum Gasteiger partial charge on any atom is 0.151 e. The molecule has 0 amide bonds. The van der Waals surface area contributed by atoms with Crippen molar-refractivity contribution < 1.29 is 0 Å². The third-order valence-corrected chi connectivity index (χ3v) is 2.12. The average Bonchev–Trinajstić information content (AvgIpc) is 2.49. The van der Waals surface area contributed by atoms with Crippen molar-refractivity contribution in [2.45, 2.75) is 19.8 Å². The van der Waals surface area contributed by atoms with Gasteiger partial charge >= 0.3 is 0 Å². The Kier molecular flexibility index (Phi) is 1.69. The summed E-state index contributed by atoms with van der Waals surface area (Å²) in [6.07, 6.45) is 3.45. The van der Waals surface area contributed by atoms with Gasteiger partial charge in [-0.2, -0.15) is 5.10 Å². The third kappa shape index (κ3) is 1.24. The van der Waals surface area contributed by atoms with Gasteiger partial charge in [0.15, 0.2) is 5.82 Å². The largest absolute Gasteiger partial charge is 0.382 e. The first kappa shape index (κ1) is 8.04. The summed E-state index contributed by atoms with van der Waals surface area (Å²) in [7, 11) is 0. The van der Waals surface area contributed by atoms with Gasteiger partial charge < -0.3 is 5.73 Å². The number of aromatic nitrogens is 3. The number of nitrogens with zero attached hydrogens (tertiary/aromatic N) is 3. The van der Waals surface area contributed by atoms with Gasteiger partial charge in [-0.15, -0.1) is 0 Å². The molecule has 2 rings (SSSR count). The van der Waals surface area contributed by atoms with Gasteiger partial charge in [-0.25, -0.2) is 9.50 Å². The van der Waals surface area contributed by atoms with Crippen molar-refractivity contribution in [2.24, 2.45) is 0 Å². The summed E-state index contributed by atoms with van der Waals surface area (Å²) >= 11 is 0. The zero-order chi connectivity index (χ0) is 9.42. The predicted octanol–water partition coefficient (Wildman–Crippen LogP) is 1.43. The van der Waals surface area contributed by atoms with Crippen LogP contribution in [-0.2, 0) is 0 Å². The molecule has 0 unspecified atom stereocenters. The first-order chi connectivity index (χ1) is 6.18. The van der Waals surface area contributed by atoms with E-state index in [-0.39, 0.29) is 0 Å². The highest BCUT2D eigenvalue weighted by molar-refractivity contribution is 5.65. The number of hydrogen-bond acceptors (Lipinski definition) is 3. The van der Waals surface area contributed by atoms with Crippen LogP contribution >= 0.6 is 0 Å². The molecule has 2 aromatic heterocycles. The zero-order valence-electron chi connectivity index (χ0n) is 7.73. The van der Waals surface area contributed by atoms with E-state index in [2.05, 4.69) is 23.9 Å². The molecular weight excluding hydrogens is 164 g/mol. The Hall–Kier alpha value is -1.58. The molecule has 0 aliphatic heterocycles. The van der Waals surface area contributed by atoms with E-state index in [9.17, 15) is 0 Å². The highest BCUT2D eigenvalue weighted by atomic mass is 15.2. The van der Waals surface area contributed by atoms with E-state index >= 15 is 0 Å². The van der Waals surface area contributed by atoms with Crippen LogP contribution in [0, 0.1) is 0 Å². The molecule has 0 aliphatic carbocycles. The fraction of sp³-hybridized carbons (Fsp3) is 0.333. The molecule has 0 radical (unpaired) electrons. The molecule has 4 heteroatoms. The van der Waals surface area contributed by atoms with Gasteiger partial charge in [-0.05, 0) is 17.5 Å². The van der Waals surface area contributed by atoms with Gasteiger partial charge in [-0.3, -0.25) is 0 Å². The van der Waals surface area contributed by atoms with Crippen LogP contribution < -0.4 is 5.73 Å². The van der Waals surface area contributed by atoms with E-state index in [1.165, 1.54) is 11.9 Å². The zero-order valence-corrected chi connectivity index (χ0v) is 7.73. The molecule has 0 bridgehead atoms. The molecule has 0 aromatic carbocycles. The van der Waals surface area contributed by atoms with Gasteiger partial charge in [-0.1, -0.05) is 13.8 Å². The van der Waals surface area contributed by atoms with Crippen LogP contribution in [0.1, 0.15) is 25.3 Å². The Morgan fingerprint density at radius 2 is 2.23 bits per heavy atom. The maximum atomic E-state index is 5.70. The molecule has 68 valence electrons. The standard InChI is InChI=1S/C9H12N4/c1-6(2)7-3-8-9(10)11-5-12-13(8)4-7/h3-6H,1-2H3,(H2,10,11,12). The monoisotopic (exact) mass is 176 g/mol. The summed E-state index contributed by atoms with van der Waals surface area (Å²) in [6.45, 7) is 4.27. The normalized spacial score (nSPS) is 11.3. The van der Waals surface area contributed by atoms with Crippen LogP contribution in [0.4, 0.5) is 5.82 Å². The van der Waals surface area contributed by atoms with Crippen molar-refractivity contribution in [3.05, 3.63) is 24.2 Å². The van der Waals surface area contributed by atoms with Crippen molar-refractivity contribution >= 4 is 11.3 Å². The number of nitrogens with two attached hydrogens (primary N) is 1. The van der Waals surface area contributed by atoms with Crippen LogP contribution in [-0.4, -0.2) is 14.6 Å². The van der Waals surface area contributed by atoms with Crippen molar-refractivity contribution in [2.75, 3.05) is 5.73 Å². The van der Waals surface area contributed by atoms with Gasteiger partial charge in [0.25, 0.3) is 0 Å². The lowest BCUT2D eigenvalue weighted by atomic mass is 10.1. The summed E-state index contributed by atoms with van der Waals surface area (Å²) in [5.41, 5.74) is 7.81. The fourth-order valence-corrected chi connectivity index (χ4v) is 1.28. The van der Waals surface area contributed by atoms with E-state index in [0.29, 0.717) is 11.7 Å². The number of nitrogen functional groups attached to an aromatic ring is 1. The van der Waals surface area contributed by atoms with E-state index in [1.807, 2.05) is 12.3 Å². The Balaban J connectivity index is 2.68. The van der Waals surface area contributed by atoms with Crippen LogP contribution in [0.15, 0.2) is 18.6 Å². The Bertz CT molecular complexity index is 430. The topological polar surface area (TPSA) is 56.2 Å². The molecule has 0 aliphatic rings. The van der Waals surface area contributed by atoms with Gasteiger partial charge in [0, 0.05) is 6.20 Å². The van der Waals surface area contributed by atoms with Crippen LogP contribution in [0.3, 0.4) is 0 Å². The van der Waals surface area contributed by atoms with Gasteiger partial charge in [0.2, 0.25) is 0 Å². The average molecular weight is 176 g/mol. The molecule has 0 saturated heterocycles. The molecule has 13 heavy (non-hydrogen) atoms. The summed E-state index contributed by atoms with van der Waals surface area (Å²) in [4.78, 5) is 3.93. The lowest BCUT2D eigenvalue weighted by Gasteiger charge is -1.96. The summed E-state index contributed by atoms with van der Waals surface area (Å²) < 4.78 is 1.76. The highest BCUT2D eigenvalue weighted by Gasteiger charge is 2.06. The van der Waals surface area contributed by atoms with Crippen molar-refractivity contribution in [3.8, 4) is 0 Å². The lowest BCUT2D eigenvalue weighted by Crippen LogP contribution is -1.96. The van der Waals surface area contributed by atoms with E-state index in [4.69, 9.17) is 5.73 Å². The first-order valence-electron chi connectivity index (χ1n) is 4.27. The van der Waals surface area contributed by atoms with Crippen molar-refractivity contribution in [1.29, 1.82) is 0 Å².